The fourth-order valence-electron chi connectivity index (χ4n) is 2.37. The van der Waals surface area contributed by atoms with E-state index in [9.17, 15) is 14.0 Å². The van der Waals surface area contributed by atoms with Crippen LogP contribution in [0, 0.1) is 5.82 Å². The van der Waals surface area contributed by atoms with E-state index < -0.39 is 5.91 Å². The molecule has 0 fully saturated rings. The van der Waals surface area contributed by atoms with Crippen LogP contribution in [-0.4, -0.2) is 17.1 Å². The molecule has 1 N–H and O–H groups in total. The standard InChI is InChI=1S/C18H15FN2O3/c1-21-15-5-3-2-4-14(15)16(10-18(21)23)24-11-17(22)20-13-8-6-12(19)7-9-13/h2-10H,11H2,1H3,(H,20,22). The summed E-state index contributed by atoms with van der Waals surface area (Å²) in [5.41, 5.74) is 0.973. The number of amides is 1. The average Bonchev–Trinajstić information content (AvgIpc) is 2.59. The summed E-state index contributed by atoms with van der Waals surface area (Å²) in [6.45, 7) is -0.255. The number of hydrogen-bond acceptors (Lipinski definition) is 3. The maximum absolute atomic E-state index is 12.8. The fraction of sp³-hybridized carbons (Fsp3) is 0.111. The fourth-order valence-corrected chi connectivity index (χ4v) is 2.37. The molecule has 0 saturated carbocycles. The number of carbonyl (C=O) groups is 1. The highest BCUT2D eigenvalue weighted by Crippen LogP contribution is 2.22. The van der Waals surface area contributed by atoms with Crippen LogP contribution in [-0.2, 0) is 11.8 Å². The van der Waals surface area contributed by atoms with Crippen molar-refractivity contribution in [2.45, 2.75) is 0 Å². The van der Waals surface area contributed by atoms with Gasteiger partial charge in [-0.15, -0.1) is 0 Å². The summed E-state index contributed by atoms with van der Waals surface area (Å²) >= 11 is 0. The van der Waals surface area contributed by atoms with Crippen molar-refractivity contribution in [1.29, 1.82) is 0 Å². The highest BCUT2D eigenvalue weighted by Gasteiger charge is 2.09. The third-order valence-electron chi connectivity index (χ3n) is 3.60. The lowest BCUT2D eigenvalue weighted by Crippen LogP contribution is -2.22. The van der Waals surface area contributed by atoms with Crippen molar-refractivity contribution in [1.82, 2.24) is 4.57 Å². The Hall–Kier alpha value is -3.15. The number of rotatable bonds is 4. The van der Waals surface area contributed by atoms with Crippen LogP contribution in [0.3, 0.4) is 0 Å². The Kier molecular flexibility index (Phi) is 4.29. The lowest BCUT2D eigenvalue weighted by molar-refractivity contribution is -0.118. The van der Waals surface area contributed by atoms with Crippen LogP contribution in [0.4, 0.5) is 10.1 Å². The summed E-state index contributed by atoms with van der Waals surface area (Å²) in [4.78, 5) is 23.9. The predicted octanol–water partition coefficient (Wildman–Crippen LogP) is 2.70. The van der Waals surface area contributed by atoms with E-state index in [0.29, 0.717) is 11.4 Å². The third-order valence-corrected chi connectivity index (χ3v) is 3.60. The molecular formula is C18H15FN2O3. The monoisotopic (exact) mass is 326 g/mol. The minimum Gasteiger partial charge on any atom is -0.483 e. The number of fused-ring (bicyclic) bond motifs is 1. The molecular weight excluding hydrogens is 311 g/mol. The van der Waals surface area contributed by atoms with Gasteiger partial charge in [-0.2, -0.15) is 0 Å². The van der Waals surface area contributed by atoms with Gasteiger partial charge in [0.05, 0.1) is 5.52 Å². The molecule has 3 rings (SSSR count). The maximum atomic E-state index is 12.8. The molecule has 0 aliphatic rings. The lowest BCUT2D eigenvalue weighted by Gasteiger charge is -2.11. The molecule has 0 aliphatic heterocycles. The normalized spacial score (nSPS) is 10.6. The Morgan fingerprint density at radius 1 is 1.17 bits per heavy atom. The van der Waals surface area contributed by atoms with Gasteiger partial charge in [-0.3, -0.25) is 9.59 Å². The largest absolute Gasteiger partial charge is 0.483 e. The number of aromatic nitrogens is 1. The second kappa shape index (κ2) is 6.54. The van der Waals surface area contributed by atoms with Crippen LogP contribution >= 0.6 is 0 Å². The van der Waals surface area contributed by atoms with E-state index >= 15 is 0 Å². The second-order valence-corrected chi connectivity index (χ2v) is 5.27. The molecule has 0 saturated heterocycles. The van der Waals surface area contributed by atoms with Crippen LogP contribution in [0.15, 0.2) is 59.4 Å². The Bertz CT molecular complexity index is 949. The SMILES string of the molecule is Cn1c(=O)cc(OCC(=O)Nc2ccc(F)cc2)c2ccccc21. The van der Waals surface area contributed by atoms with Gasteiger partial charge in [0.2, 0.25) is 0 Å². The minimum atomic E-state index is -0.397. The molecule has 1 aromatic heterocycles. The summed E-state index contributed by atoms with van der Waals surface area (Å²) in [6, 6.07) is 14.1. The van der Waals surface area contributed by atoms with E-state index in [-0.39, 0.29) is 18.0 Å². The molecule has 3 aromatic rings. The first-order chi connectivity index (χ1) is 11.5. The molecule has 24 heavy (non-hydrogen) atoms. The van der Waals surface area contributed by atoms with Gasteiger partial charge in [-0.05, 0) is 36.4 Å². The van der Waals surface area contributed by atoms with Crippen molar-refractivity contribution >= 4 is 22.5 Å². The molecule has 0 spiro atoms. The molecule has 2 aromatic carbocycles. The smallest absolute Gasteiger partial charge is 0.262 e. The molecule has 0 aliphatic carbocycles. The zero-order valence-corrected chi connectivity index (χ0v) is 13.0. The number of nitrogens with one attached hydrogen (secondary N) is 1. The molecule has 0 atom stereocenters. The highest BCUT2D eigenvalue weighted by molar-refractivity contribution is 5.92. The van der Waals surface area contributed by atoms with E-state index in [1.165, 1.54) is 34.9 Å². The van der Waals surface area contributed by atoms with E-state index in [2.05, 4.69) is 5.32 Å². The zero-order chi connectivity index (χ0) is 17.1. The zero-order valence-electron chi connectivity index (χ0n) is 13.0. The molecule has 1 heterocycles. The van der Waals surface area contributed by atoms with Crippen molar-refractivity contribution in [2.24, 2.45) is 7.05 Å². The molecule has 1 amide bonds. The van der Waals surface area contributed by atoms with Gasteiger partial charge >= 0.3 is 0 Å². The number of ether oxygens (including phenoxy) is 1. The minimum absolute atomic E-state index is 0.220. The quantitative estimate of drug-likeness (QED) is 0.802. The molecule has 6 heteroatoms. The van der Waals surface area contributed by atoms with Gasteiger partial charge < -0.3 is 14.6 Å². The van der Waals surface area contributed by atoms with Crippen LogP contribution in [0.25, 0.3) is 10.9 Å². The van der Waals surface area contributed by atoms with Crippen LogP contribution in [0.5, 0.6) is 5.75 Å². The van der Waals surface area contributed by atoms with Gasteiger partial charge in [-0.25, -0.2) is 4.39 Å². The first-order valence-electron chi connectivity index (χ1n) is 7.31. The van der Waals surface area contributed by atoms with Crippen LogP contribution in [0.2, 0.25) is 0 Å². The number of para-hydroxylation sites is 1. The summed E-state index contributed by atoms with van der Waals surface area (Å²) in [6.07, 6.45) is 0. The maximum Gasteiger partial charge on any atom is 0.262 e. The number of pyridine rings is 1. The van der Waals surface area contributed by atoms with Crippen molar-refractivity contribution in [3.8, 4) is 5.75 Å². The summed E-state index contributed by atoms with van der Waals surface area (Å²) in [5.74, 6) is -0.426. The van der Waals surface area contributed by atoms with E-state index in [1.54, 1.807) is 7.05 Å². The van der Waals surface area contributed by atoms with Gasteiger partial charge in [0.1, 0.15) is 11.6 Å². The second-order valence-electron chi connectivity index (χ2n) is 5.27. The van der Waals surface area contributed by atoms with Crippen molar-refractivity contribution in [2.75, 3.05) is 11.9 Å². The van der Waals surface area contributed by atoms with Crippen molar-refractivity contribution in [3.63, 3.8) is 0 Å². The Morgan fingerprint density at radius 2 is 1.88 bits per heavy atom. The summed E-state index contributed by atoms with van der Waals surface area (Å²) in [7, 11) is 1.68. The van der Waals surface area contributed by atoms with Crippen molar-refractivity contribution < 1.29 is 13.9 Å². The molecule has 5 nitrogen and oxygen atoms in total. The van der Waals surface area contributed by atoms with Gasteiger partial charge in [0.15, 0.2) is 6.61 Å². The average molecular weight is 326 g/mol. The highest BCUT2D eigenvalue weighted by atomic mass is 19.1. The number of anilines is 1. The van der Waals surface area contributed by atoms with E-state index in [4.69, 9.17) is 4.74 Å². The van der Waals surface area contributed by atoms with Gasteiger partial charge in [-0.1, -0.05) is 12.1 Å². The topological polar surface area (TPSA) is 60.3 Å². The molecule has 122 valence electrons. The Balaban J connectivity index is 1.76. The number of halogens is 1. The first-order valence-corrected chi connectivity index (χ1v) is 7.31. The molecule has 0 unspecified atom stereocenters. The lowest BCUT2D eigenvalue weighted by atomic mass is 10.2. The Morgan fingerprint density at radius 3 is 2.62 bits per heavy atom. The Labute approximate surface area is 137 Å². The van der Waals surface area contributed by atoms with E-state index in [0.717, 1.165) is 10.9 Å². The summed E-state index contributed by atoms with van der Waals surface area (Å²) in [5, 5.41) is 3.34. The first kappa shape index (κ1) is 15.7. The van der Waals surface area contributed by atoms with Gasteiger partial charge in [0, 0.05) is 24.2 Å². The number of benzene rings is 2. The number of hydrogen-bond donors (Lipinski definition) is 1. The number of aryl methyl sites for hydroxylation is 1. The van der Waals surface area contributed by atoms with Crippen LogP contribution < -0.4 is 15.6 Å². The van der Waals surface area contributed by atoms with E-state index in [1.807, 2.05) is 24.3 Å². The molecule has 0 radical (unpaired) electrons. The third kappa shape index (κ3) is 3.27. The number of carbonyl (C=O) groups excluding carboxylic acids is 1. The predicted molar refractivity (Wildman–Crippen MR) is 89.7 cm³/mol. The van der Waals surface area contributed by atoms with Gasteiger partial charge in [0.25, 0.3) is 11.5 Å². The van der Waals surface area contributed by atoms with Crippen LogP contribution in [0.1, 0.15) is 0 Å². The molecule has 0 bridgehead atoms. The number of nitrogens with zero attached hydrogens (tertiary/aromatic N) is 1. The van der Waals surface area contributed by atoms with Crippen molar-refractivity contribution in [3.05, 3.63) is 70.8 Å². The summed E-state index contributed by atoms with van der Waals surface area (Å²) < 4.78 is 19.9.